The van der Waals surface area contributed by atoms with Gasteiger partial charge in [0.1, 0.15) is 17.4 Å². The number of rotatable bonds is 7. The van der Waals surface area contributed by atoms with Crippen molar-refractivity contribution < 1.29 is 33.7 Å². The lowest BCUT2D eigenvalue weighted by Gasteiger charge is -2.31. The zero-order valence-corrected chi connectivity index (χ0v) is 18.6. The van der Waals surface area contributed by atoms with Gasteiger partial charge >= 0.3 is 5.97 Å². The molecule has 176 valence electrons. The van der Waals surface area contributed by atoms with E-state index in [4.69, 9.17) is 5.11 Å². The summed E-state index contributed by atoms with van der Waals surface area (Å²) >= 11 is 0. The van der Waals surface area contributed by atoms with Gasteiger partial charge in [0.25, 0.3) is 12.3 Å². The average molecular weight is 452 g/mol. The van der Waals surface area contributed by atoms with Crippen LogP contribution < -0.4 is 5.32 Å². The summed E-state index contributed by atoms with van der Waals surface area (Å²) in [5.74, 6) is 3.59. The number of hydrogen-bond donors (Lipinski definition) is 4. The first kappa shape index (κ1) is 28.8. The Bertz CT molecular complexity index is 840. The number of aliphatic carboxylic acids is 1. The molecule has 4 N–H and O–H groups in total. The maximum absolute atomic E-state index is 13.0. The molecule has 2 rings (SSSR count). The molecule has 1 aliphatic rings. The third kappa shape index (κ3) is 8.52. The van der Waals surface area contributed by atoms with Gasteiger partial charge in [-0.05, 0) is 43.5 Å². The van der Waals surface area contributed by atoms with Crippen LogP contribution in [0.2, 0.25) is 0 Å². The first-order chi connectivity index (χ1) is 15.0. The Labute approximate surface area is 187 Å². The molecule has 1 saturated carbocycles. The topological polar surface area (TPSA) is 107 Å². The summed E-state index contributed by atoms with van der Waals surface area (Å²) in [6.07, 6.45) is -2.37. The van der Waals surface area contributed by atoms with Crippen molar-refractivity contribution in [2.45, 2.75) is 51.7 Å². The molecule has 6 nitrogen and oxygen atoms in total. The highest BCUT2D eigenvalue weighted by molar-refractivity contribution is 5.94. The first-order valence-corrected chi connectivity index (χ1v) is 10.0. The Balaban J connectivity index is 0.00000227. The Hall–Kier alpha value is -3.18. The maximum atomic E-state index is 13.0. The average Bonchev–Trinajstić information content (AvgIpc) is 3.50. The largest absolute Gasteiger partial charge is 0.511 e. The molecule has 0 spiro atoms. The van der Waals surface area contributed by atoms with Crippen molar-refractivity contribution in [1.29, 1.82) is 0 Å². The van der Waals surface area contributed by atoms with Crippen LogP contribution in [0.25, 0.3) is 0 Å². The molecule has 0 aromatic heterocycles. The van der Waals surface area contributed by atoms with Crippen LogP contribution in [-0.4, -0.2) is 45.3 Å². The highest BCUT2D eigenvalue weighted by Crippen LogP contribution is 2.40. The number of alkyl halides is 2. The van der Waals surface area contributed by atoms with Crippen LogP contribution in [-0.2, 0) is 4.79 Å². The predicted octanol–water partition coefficient (Wildman–Crippen LogP) is 4.16. The molecule has 1 amide bonds. The van der Waals surface area contributed by atoms with E-state index < -0.39 is 35.7 Å². The summed E-state index contributed by atoms with van der Waals surface area (Å²) in [7, 11) is 0. The lowest BCUT2D eigenvalue weighted by atomic mass is 9.95. The summed E-state index contributed by atoms with van der Waals surface area (Å²) in [6, 6.07) is 4.22. The molecule has 0 saturated heterocycles. The quantitative estimate of drug-likeness (QED) is 0.283. The Morgan fingerprint density at radius 1 is 1.22 bits per heavy atom. The zero-order chi connectivity index (χ0) is 25.1. The number of aliphatic hydroxyl groups excluding tert-OH is 1. The second kappa shape index (κ2) is 13.3. The van der Waals surface area contributed by atoms with Gasteiger partial charge in [0.05, 0.1) is 0 Å². The van der Waals surface area contributed by atoms with Crippen molar-refractivity contribution in [3.05, 3.63) is 60.9 Å². The normalized spacial score (nSPS) is 18.7. The smallest absolute Gasteiger partial charge is 0.303 e. The molecular formula is C24H31F2NO5. The van der Waals surface area contributed by atoms with E-state index in [-0.39, 0.29) is 23.8 Å². The Morgan fingerprint density at radius 3 is 2.19 bits per heavy atom. The van der Waals surface area contributed by atoms with E-state index in [0.29, 0.717) is 5.56 Å². The number of halogens is 2. The predicted molar refractivity (Wildman–Crippen MR) is 119 cm³/mol. The van der Waals surface area contributed by atoms with Crippen LogP contribution in [0.3, 0.4) is 0 Å². The van der Waals surface area contributed by atoms with Gasteiger partial charge in [-0.3, -0.25) is 9.59 Å². The monoisotopic (exact) mass is 451 g/mol. The Morgan fingerprint density at radius 2 is 1.75 bits per heavy atom. The van der Waals surface area contributed by atoms with Gasteiger partial charge in [-0.25, -0.2) is 8.78 Å². The fraction of sp³-hybridized carbons (Fsp3) is 0.417. The zero-order valence-electron chi connectivity index (χ0n) is 18.6. The minimum absolute atomic E-state index is 0.0481. The van der Waals surface area contributed by atoms with E-state index >= 15 is 0 Å². The number of carboxylic acid groups (broad SMARTS) is 1. The lowest BCUT2D eigenvalue weighted by molar-refractivity contribution is -0.137. The van der Waals surface area contributed by atoms with Crippen LogP contribution in [0, 0.1) is 23.7 Å². The summed E-state index contributed by atoms with van der Waals surface area (Å²) < 4.78 is 26.0. The highest BCUT2D eigenvalue weighted by atomic mass is 19.3. The highest BCUT2D eigenvalue weighted by Gasteiger charge is 2.43. The molecule has 8 heteroatoms. The van der Waals surface area contributed by atoms with E-state index in [1.807, 2.05) is 13.8 Å². The van der Waals surface area contributed by atoms with E-state index in [9.17, 15) is 28.6 Å². The molecule has 0 aliphatic heterocycles. The molecule has 1 aromatic carbocycles. The lowest BCUT2D eigenvalue weighted by Crippen LogP contribution is -2.55. The SMILES string of the molecule is C=C.C=C(O)C(NC(=O)c1ccc(C#CC2CC2CC(=O)O)cc1)[C@](C)(O)C(F)F.CC. The number of hydrogen-bond acceptors (Lipinski definition) is 4. The van der Waals surface area contributed by atoms with Crippen LogP contribution in [0.5, 0.6) is 0 Å². The van der Waals surface area contributed by atoms with Gasteiger partial charge in [0, 0.05) is 23.5 Å². The summed E-state index contributed by atoms with van der Waals surface area (Å²) in [5.41, 5.74) is -1.96. The van der Waals surface area contributed by atoms with Crippen molar-refractivity contribution in [1.82, 2.24) is 5.32 Å². The standard InChI is InChI=1S/C20H21F2NO5.C2H6.C2H4/c1-11(24)17(20(2,28)19(21)22)23-18(27)13-6-3-12(4-7-13)5-8-14-9-15(14)10-16(25)26;2*1-2/h3-4,6-7,14-15,17,19,24,28H,1,9-10H2,2H3,(H,23,27)(H,25,26);1-2H3;1-2H2/t14?,15?,17?,20-;;/m0../s1. The molecule has 1 aliphatic carbocycles. The molecule has 32 heavy (non-hydrogen) atoms. The number of nitrogens with one attached hydrogen (secondary N) is 1. The van der Waals surface area contributed by atoms with E-state index in [0.717, 1.165) is 13.3 Å². The van der Waals surface area contributed by atoms with Crippen LogP contribution in [0.15, 0.2) is 49.8 Å². The van der Waals surface area contributed by atoms with Gasteiger partial charge in [-0.2, -0.15) is 0 Å². The molecular weight excluding hydrogens is 420 g/mol. The van der Waals surface area contributed by atoms with E-state index in [1.54, 1.807) is 12.1 Å². The second-order valence-corrected chi connectivity index (χ2v) is 6.97. The summed E-state index contributed by atoms with van der Waals surface area (Å²) in [4.78, 5) is 22.9. The van der Waals surface area contributed by atoms with Gasteiger partial charge in [-0.1, -0.05) is 32.3 Å². The van der Waals surface area contributed by atoms with Crippen molar-refractivity contribution in [2.75, 3.05) is 0 Å². The molecule has 0 bridgehead atoms. The minimum atomic E-state index is -3.22. The van der Waals surface area contributed by atoms with Gasteiger partial charge in [0.15, 0.2) is 0 Å². The molecule has 4 atom stereocenters. The van der Waals surface area contributed by atoms with Crippen molar-refractivity contribution in [2.24, 2.45) is 11.8 Å². The molecule has 0 heterocycles. The number of benzene rings is 1. The summed E-state index contributed by atoms with van der Waals surface area (Å²) in [5, 5.41) is 30.2. The molecule has 0 radical (unpaired) electrons. The van der Waals surface area contributed by atoms with E-state index in [1.165, 1.54) is 12.1 Å². The second-order valence-electron chi connectivity index (χ2n) is 6.97. The Kier molecular flexibility index (Phi) is 12.0. The fourth-order valence-corrected chi connectivity index (χ4v) is 2.66. The number of carbonyl (C=O) groups is 2. The van der Waals surface area contributed by atoms with E-state index in [2.05, 4.69) is 36.9 Å². The first-order valence-electron chi connectivity index (χ1n) is 10.0. The molecule has 1 aromatic rings. The third-order valence-corrected chi connectivity index (χ3v) is 4.54. The van der Waals surface area contributed by atoms with Crippen LogP contribution >= 0.6 is 0 Å². The van der Waals surface area contributed by atoms with Crippen LogP contribution in [0.1, 0.15) is 49.5 Å². The van der Waals surface area contributed by atoms with Crippen LogP contribution in [0.4, 0.5) is 8.78 Å². The van der Waals surface area contributed by atoms with Crippen molar-refractivity contribution in [3.8, 4) is 11.8 Å². The van der Waals surface area contributed by atoms with Crippen molar-refractivity contribution >= 4 is 11.9 Å². The number of amides is 1. The molecule has 3 unspecified atom stereocenters. The van der Waals surface area contributed by atoms with Crippen molar-refractivity contribution in [3.63, 3.8) is 0 Å². The fourth-order valence-electron chi connectivity index (χ4n) is 2.66. The maximum Gasteiger partial charge on any atom is 0.303 e. The molecule has 1 fully saturated rings. The van der Waals surface area contributed by atoms with Gasteiger partial charge in [-0.15, -0.1) is 13.2 Å². The third-order valence-electron chi connectivity index (χ3n) is 4.54. The summed E-state index contributed by atoms with van der Waals surface area (Å²) in [6.45, 7) is 13.9. The number of carbonyl (C=O) groups excluding carboxylic acids is 1. The van der Waals surface area contributed by atoms with Gasteiger partial charge in [0.2, 0.25) is 0 Å². The number of carboxylic acids is 1. The van der Waals surface area contributed by atoms with Gasteiger partial charge < -0.3 is 20.6 Å². The minimum Gasteiger partial charge on any atom is -0.511 e. The number of aliphatic hydroxyl groups is 2.